The summed E-state index contributed by atoms with van der Waals surface area (Å²) < 4.78 is 0. The second-order valence-electron chi connectivity index (χ2n) is 1.94. The van der Waals surface area contributed by atoms with E-state index in [2.05, 4.69) is 15.3 Å². The maximum atomic E-state index is 10.9. The molecule has 0 radical (unpaired) electrons. The predicted octanol–water partition coefficient (Wildman–Crippen LogP) is -0.323. The fourth-order valence-electron chi connectivity index (χ4n) is 0.711. The monoisotopic (exact) mass is 170 g/mol. The number of hydrogen-bond acceptors (Lipinski definition) is 4. The average molecular weight is 170 g/mol. The lowest BCUT2D eigenvalue weighted by Gasteiger charge is -1.94. The smallest absolute Gasteiger partial charge is 0.353 e. The lowest BCUT2D eigenvalue weighted by molar-refractivity contribution is -0.389. The van der Waals surface area contributed by atoms with Crippen LogP contribution in [0.1, 0.15) is 10.5 Å². The minimum absolute atomic E-state index is 0.206. The first-order chi connectivity index (χ1) is 5.66. The third-order valence-electron chi connectivity index (χ3n) is 1.24. The number of amides is 1. The fourth-order valence-corrected chi connectivity index (χ4v) is 0.711. The Hall–Kier alpha value is -1.92. The molecule has 7 nitrogen and oxygen atoms in total. The van der Waals surface area contributed by atoms with Crippen molar-refractivity contribution in [3.63, 3.8) is 0 Å². The number of hydrogen-bond donors (Lipinski definition) is 2. The van der Waals surface area contributed by atoms with Gasteiger partial charge in [0.25, 0.3) is 5.91 Å². The van der Waals surface area contributed by atoms with Crippen LogP contribution in [0.2, 0.25) is 0 Å². The van der Waals surface area contributed by atoms with E-state index in [1.165, 1.54) is 7.05 Å². The zero-order chi connectivity index (χ0) is 9.14. The molecule has 64 valence electrons. The molecule has 0 fully saturated rings. The van der Waals surface area contributed by atoms with Gasteiger partial charge in [-0.15, -0.1) is 0 Å². The molecule has 1 rings (SSSR count). The van der Waals surface area contributed by atoms with Crippen molar-refractivity contribution in [2.75, 3.05) is 7.05 Å². The van der Waals surface area contributed by atoms with E-state index in [1.54, 1.807) is 0 Å². The zero-order valence-electron chi connectivity index (χ0n) is 6.20. The minimum atomic E-state index is -0.697. The van der Waals surface area contributed by atoms with Crippen molar-refractivity contribution < 1.29 is 9.72 Å². The Labute approximate surface area is 67.0 Å². The standard InChI is InChI=1S/C5H6N4O3/c1-6-5(10)3-4(9(11)12)8-2-7-3/h2H,1H3,(H,6,10)(H,7,8). The van der Waals surface area contributed by atoms with Crippen LogP contribution in [-0.4, -0.2) is 27.8 Å². The van der Waals surface area contributed by atoms with Gasteiger partial charge < -0.3 is 15.4 Å². The molecule has 0 aliphatic carbocycles. The number of carbonyl (C=O) groups is 1. The van der Waals surface area contributed by atoms with Crippen molar-refractivity contribution in [3.8, 4) is 0 Å². The normalized spacial score (nSPS) is 9.42. The van der Waals surface area contributed by atoms with Gasteiger partial charge in [-0.3, -0.25) is 4.79 Å². The Morgan fingerprint density at radius 1 is 1.83 bits per heavy atom. The summed E-state index contributed by atoms with van der Waals surface area (Å²) in [5.41, 5.74) is -0.206. The summed E-state index contributed by atoms with van der Waals surface area (Å²) in [5.74, 6) is -0.975. The number of H-pyrrole nitrogens is 1. The number of nitrogens with zero attached hydrogens (tertiary/aromatic N) is 2. The van der Waals surface area contributed by atoms with Gasteiger partial charge in [0.1, 0.15) is 0 Å². The number of carbonyl (C=O) groups excluding carboxylic acids is 1. The van der Waals surface area contributed by atoms with E-state index >= 15 is 0 Å². The van der Waals surface area contributed by atoms with E-state index in [4.69, 9.17) is 0 Å². The zero-order valence-corrected chi connectivity index (χ0v) is 6.20. The number of aromatic nitrogens is 2. The summed E-state index contributed by atoms with van der Waals surface area (Å²) in [4.78, 5) is 26.2. The predicted molar refractivity (Wildman–Crippen MR) is 38.6 cm³/mol. The van der Waals surface area contributed by atoms with Crippen LogP contribution in [0.5, 0.6) is 0 Å². The number of nitrogens with one attached hydrogen (secondary N) is 2. The first-order valence-electron chi connectivity index (χ1n) is 3.06. The molecule has 7 heteroatoms. The Morgan fingerprint density at radius 3 is 3.00 bits per heavy atom. The van der Waals surface area contributed by atoms with Crippen LogP contribution in [0, 0.1) is 10.1 Å². The van der Waals surface area contributed by atoms with Crippen molar-refractivity contribution in [1.82, 2.24) is 15.3 Å². The van der Waals surface area contributed by atoms with Crippen LogP contribution in [0.3, 0.4) is 0 Å². The summed E-state index contributed by atoms with van der Waals surface area (Å²) in [5, 5.41) is 12.5. The van der Waals surface area contributed by atoms with Crippen molar-refractivity contribution in [1.29, 1.82) is 0 Å². The largest absolute Gasteiger partial charge is 0.358 e. The molecule has 1 amide bonds. The van der Waals surface area contributed by atoms with E-state index in [1.807, 2.05) is 0 Å². The molecule has 0 atom stereocenters. The van der Waals surface area contributed by atoms with Crippen LogP contribution < -0.4 is 5.32 Å². The molecule has 0 saturated heterocycles. The molecule has 12 heavy (non-hydrogen) atoms. The lowest BCUT2D eigenvalue weighted by Crippen LogP contribution is -2.19. The molecular weight excluding hydrogens is 164 g/mol. The maximum Gasteiger partial charge on any atom is 0.353 e. The second-order valence-corrected chi connectivity index (χ2v) is 1.94. The maximum absolute atomic E-state index is 10.9. The summed E-state index contributed by atoms with van der Waals surface area (Å²) in [6, 6.07) is 0. The third-order valence-corrected chi connectivity index (χ3v) is 1.24. The molecule has 0 bridgehead atoms. The number of aromatic amines is 1. The van der Waals surface area contributed by atoms with E-state index in [0.717, 1.165) is 6.33 Å². The molecule has 2 N–H and O–H groups in total. The molecule has 0 aromatic carbocycles. The van der Waals surface area contributed by atoms with E-state index < -0.39 is 16.6 Å². The highest BCUT2D eigenvalue weighted by atomic mass is 16.6. The van der Waals surface area contributed by atoms with Crippen LogP contribution in [-0.2, 0) is 0 Å². The molecular formula is C5H6N4O3. The summed E-state index contributed by atoms with van der Waals surface area (Å²) in [6.07, 6.45) is 1.10. The molecule has 0 saturated carbocycles. The van der Waals surface area contributed by atoms with E-state index in [-0.39, 0.29) is 5.69 Å². The number of nitro groups is 1. The molecule has 1 aromatic rings. The molecule has 0 unspecified atom stereocenters. The van der Waals surface area contributed by atoms with E-state index in [0.29, 0.717) is 0 Å². The average Bonchev–Trinajstić information content (AvgIpc) is 2.50. The Morgan fingerprint density at radius 2 is 2.50 bits per heavy atom. The Balaban J connectivity index is 3.07. The van der Waals surface area contributed by atoms with Gasteiger partial charge in [0.05, 0.1) is 0 Å². The highest BCUT2D eigenvalue weighted by Crippen LogP contribution is 2.10. The summed E-state index contributed by atoms with van der Waals surface area (Å²) in [6.45, 7) is 0. The Kier molecular flexibility index (Phi) is 2.04. The van der Waals surface area contributed by atoms with Gasteiger partial charge in [0, 0.05) is 7.05 Å². The minimum Gasteiger partial charge on any atom is -0.358 e. The van der Waals surface area contributed by atoms with Gasteiger partial charge in [-0.05, 0) is 4.92 Å². The third kappa shape index (κ3) is 1.24. The van der Waals surface area contributed by atoms with Crippen molar-refractivity contribution in [3.05, 3.63) is 22.1 Å². The van der Waals surface area contributed by atoms with Gasteiger partial charge in [-0.25, -0.2) is 9.97 Å². The van der Waals surface area contributed by atoms with Crippen molar-refractivity contribution in [2.24, 2.45) is 0 Å². The lowest BCUT2D eigenvalue weighted by atomic mass is 10.4. The van der Waals surface area contributed by atoms with Crippen LogP contribution in [0.4, 0.5) is 5.82 Å². The van der Waals surface area contributed by atoms with Crippen LogP contribution >= 0.6 is 0 Å². The summed E-state index contributed by atoms with van der Waals surface area (Å²) in [7, 11) is 1.38. The van der Waals surface area contributed by atoms with Gasteiger partial charge in [0.2, 0.25) is 5.69 Å². The Bertz CT molecular complexity index is 318. The van der Waals surface area contributed by atoms with Gasteiger partial charge in [-0.2, -0.15) is 0 Å². The molecule has 1 aromatic heterocycles. The fraction of sp³-hybridized carbons (Fsp3) is 0.200. The first kappa shape index (κ1) is 8.18. The highest BCUT2D eigenvalue weighted by Gasteiger charge is 2.20. The van der Waals surface area contributed by atoms with Gasteiger partial charge >= 0.3 is 5.82 Å². The first-order valence-corrected chi connectivity index (χ1v) is 3.06. The van der Waals surface area contributed by atoms with Crippen LogP contribution in [0.25, 0.3) is 0 Å². The molecule has 0 spiro atoms. The highest BCUT2D eigenvalue weighted by molar-refractivity contribution is 5.95. The SMILES string of the molecule is CNC(=O)c1nc[nH]c1[N+](=O)[O-]. The quantitative estimate of drug-likeness (QED) is 0.469. The molecule has 0 aliphatic rings. The molecule has 1 heterocycles. The number of rotatable bonds is 2. The van der Waals surface area contributed by atoms with Crippen molar-refractivity contribution in [2.45, 2.75) is 0 Å². The molecule has 0 aliphatic heterocycles. The van der Waals surface area contributed by atoms with Gasteiger partial charge in [-0.1, -0.05) is 0 Å². The van der Waals surface area contributed by atoms with E-state index in [9.17, 15) is 14.9 Å². The number of imidazole rings is 1. The summed E-state index contributed by atoms with van der Waals surface area (Å²) >= 11 is 0. The second kappa shape index (κ2) is 2.99. The van der Waals surface area contributed by atoms with Crippen LogP contribution in [0.15, 0.2) is 6.33 Å². The topological polar surface area (TPSA) is 101 Å². The van der Waals surface area contributed by atoms with Crippen molar-refractivity contribution >= 4 is 11.7 Å². The van der Waals surface area contributed by atoms with Gasteiger partial charge in [0.15, 0.2) is 6.33 Å².